The molecule has 5 rings (SSSR count). The Balaban J connectivity index is 1.38. The quantitative estimate of drug-likeness (QED) is 0.399. The fourth-order valence-electron chi connectivity index (χ4n) is 5.44. The second-order valence-electron chi connectivity index (χ2n) is 11.4. The van der Waals surface area contributed by atoms with Gasteiger partial charge in [0.05, 0.1) is 13.5 Å². The highest BCUT2D eigenvalue weighted by Crippen LogP contribution is 2.41. The van der Waals surface area contributed by atoms with Crippen molar-refractivity contribution in [3.63, 3.8) is 0 Å². The molecule has 3 aromatic rings. The highest BCUT2D eigenvalue weighted by molar-refractivity contribution is 6.06. The van der Waals surface area contributed by atoms with Gasteiger partial charge >= 0.3 is 0 Å². The van der Waals surface area contributed by atoms with Gasteiger partial charge in [0.25, 0.3) is 5.91 Å². The van der Waals surface area contributed by atoms with Gasteiger partial charge in [0.2, 0.25) is 5.91 Å². The fourth-order valence-corrected chi connectivity index (χ4v) is 5.44. The van der Waals surface area contributed by atoms with Gasteiger partial charge in [-0.25, -0.2) is 4.68 Å². The lowest BCUT2D eigenvalue weighted by molar-refractivity contribution is -0.115. The second kappa shape index (κ2) is 9.49. The zero-order valence-electron chi connectivity index (χ0n) is 22.9. The number of aromatic nitrogens is 3. The number of methoxy groups -OCH3 is 1. The van der Waals surface area contributed by atoms with Gasteiger partial charge in [-0.2, -0.15) is 5.10 Å². The number of ether oxygens (including phenoxy) is 1. The number of hydrogen-bond acceptors (Lipinski definition) is 7. The Morgan fingerprint density at radius 1 is 1.18 bits per heavy atom. The molecule has 202 valence electrons. The maximum Gasteiger partial charge on any atom is 0.259 e. The predicted molar refractivity (Wildman–Crippen MR) is 144 cm³/mol. The van der Waals surface area contributed by atoms with Crippen LogP contribution in [0.5, 0.6) is 5.75 Å². The molecule has 10 heteroatoms. The first-order valence-corrected chi connectivity index (χ1v) is 13.2. The predicted octanol–water partition coefficient (Wildman–Crippen LogP) is 5.03. The Morgan fingerprint density at radius 2 is 1.92 bits per heavy atom. The largest absolute Gasteiger partial charge is 0.496 e. The van der Waals surface area contributed by atoms with Crippen molar-refractivity contribution in [2.24, 2.45) is 0 Å². The van der Waals surface area contributed by atoms with E-state index in [1.807, 2.05) is 56.6 Å². The van der Waals surface area contributed by atoms with Crippen LogP contribution in [0.3, 0.4) is 0 Å². The van der Waals surface area contributed by atoms with E-state index in [1.165, 1.54) is 12.8 Å². The van der Waals surface area contributed by atoms with E-state index in [-0.39, 0.29) is 29.7 Å². The Morgan fingerprint density at radius 3 is 2.61 bits per heavy atom. The zero-order valence-corrected chi connectivity index (χ0v) is 22.9. The number of anilines is 2. The first kappa shape index (κ1) is 25.8. The van der Waals surface area contributed by atoms with E-state index in [0.717, 1.165) is 24.2 Å². The average Bonchev–Trinajstić information content (AvgIpc) is 3.58. The summed E-state index contributed by atoms with van der Waals surface area (Å²) in [4.78, 5) is 25.9. The van der Waals surface area contributed by atoms with Crippen LogP contribution in [0, 0.1) is 0 Å². The third-order valence-electron chi connectivity index (χ3n) is 7.47. The summed E-state index contributed by atoms with van der Waals surface area (Å²) in [5.41, 5.74) is 1.87. The zero-order chi connectivity index (χ0) is 27.2. The van der Waals surface area contributed by atoms with Crippen LogP contribution in [-0.4, -0.2) is 39.5 Å². The van der Waals surface area contributed by atoms with Crippen LogP contribution in [0.1, 0.15) is 88.0 Å². The van der Waals surface area contributed by atoms with Crippen molar-refractivity contribution in [2.75, 3.05) is 17.7 Å². The van der Waals surface area contributed by atoms with Crippen molar-refractivity contribution in [1.29, 1.82) is 0 Å². The van der Waals surface area contributed by atoms with Crippen LogP contribution < -0.4 is 20.7 Å². The van der Waals surface area contributed by atoms with Gasteiger partial charge in [0.15, 0.2) is 5.82 Å². The van der Waals surface area contributed by atoms with E-state index < -0.39 is 5.66 Å². The van der Waals surface area contributed by atoms with E-state index in [0.29, 0.717) is 34.2 Å². The average molecular weight is 521 g/mol. The standard InChI is InChI=1S/C28H36N6O4/c1-16(2)34-25-23(26(36)31-27(3,4)30-25)24(32-34)18-10-9-17(19(13-18)37-6)14-22(35)29-21-15-20(38-33-21)28(5)11-7-8-12-28/h9-10,13,15-16,30H,7-8,11-12,14H2,1-6H3,(H,31,36)(H,29,33,35). The molecule has 2 amide bonds. The highest BCUT2D eigenvalue weighted by Gasteiger charge is 2.37. The van der Waals surface area contributed by atoms with Crippen LogP contribution in [0.15, 0.2) is 28.8 Å². The third-order valence-corrected chi connectivity index (χ3v) is 7.47. The van der Waals surface area contributed by atoms with Crippen molar-refractivity contribution in [1.82, 2.24) is 20.3 Å². The summed E-state index contributed by atoms with van der Waals surface area (Å²) in [6.45, 7) is 10.0. The normalized spacial score (nSPS) is 17.6. The molecule has 3 N–H and O–H groups in total. The summed E-state index contributed by atoms with van der Waals surface area (Å²) >= 11 is 0. The lowest BCUT2D eigenvalue weighted by Crippen LogP contribution is -2.53. The van der Waals surface area contributed by atoms with Crippen LogP contribution in [0.25, 0.3) is 11.3 Å². The number of rotatable bonds is 7. The third kappa shape index (κ3) is 4.75. The molecule has 38 heavy (non-hydrogen) atoms. The molecule has 0 bridgehead atoms. The summed E-state index contributed by atoms with van der Waals surface area (Å²) in [6.07, 6.45) is 4.57. The summed E-state index contributed by atoms with van der Waals surface area (Å²) in [6, 6.07) is 7.39. The lowest BCUT2D eigenvalue weighted by Gasteiger charge is -2.33. The molecule has 0 saturated heterocycles. The van der Waals surface area contributed by atoms with E-state index in [4.69, 9.17) is 14.4 Å². The maximum atomic E-state index is 13.1. The van der Waals surface area contributed by atoms with Crippen LogP contribution >= 0.6 is 0 Å². The smallest absolute Gasteiger partial charge is 0.259 e. The van der Waals surface area contributed by atoms with Crippen molar-refractivity contribution in [3.8, 4) is 17.0 Å². The number of carbonyl (C=O) groups is 2. The number of fused-ring (bicyclic) bond motifs is 1. The maximum absolute atomic E-state index is 13.1. The van der Waals surface area contributed by atoms with E-state index in [2.05, 4.69) is 28.0 Å². The number of nitrogens with zero attached hydrogens (tertiary/aromatic N) is 3. The molecule has 1 fully saturated rings. The molecule has 0 atom stereocenters. The number of benzene rings is 1. The Bertz CT molecular complexity index is 1380. The number of amides is 2. The van der Waals surface area contributed by atoms with Gasteiger partial charge in [-0.15, -0.1) is 0 Å². The van der Waals surface area contributed by atoms with Crippen LogP contribution in [0.2, 0.25) is 0 Å². The van der Waals surface area contributed by atoms with Gasteiger partial charge in [-0.05, 0) is 46.6 Å². The number of carbonyl (C=O) groups excluding carboxylic acids is 2. The highest BCUT2D eigenvalue weighted by atomic mass is 16.5. The Labute approximate surface area is 222 Å². The second-order valence-corrected chi connectivity index (χ2v) is 11.4. The summed E-state index contributed by atoms with van der Waals surface area (Å²) in [5, 5.41) is 18.1. The summed E-state index contributed by atoms with van der Waals surface area (Å²) in [5.74, 6) is 2.05. The van der Waals surface area contributed by atoms with Gasteiger partial charge in [0.1, 0.15) is 34.2 Å². The van der Waals surface area contributed by atoms with Gasteiger partial charge in [-0.3, -0.25) is 9.59 Å². The summed E-state index contributed by atoms with van der Waals surface area (Å²) in [7, 11) is 1.56. The molecule has 0 unspecified atom stereocenters. The monoisotopic (exact) mass is 520 g/mol. The summed E-state index contributed by atoms with van der Waals surface area (Å²) < 4.78 is 13.0. The first-order valence-electron chi connectivity index (χ1n) is 13.2. The molecular weight excluding hydrogens is 484 g/mol. The molecule has 0 radical (unpaired) electrons. The minimum absolute atomic E-state index is 0.0149. The van der Waals surface area contributed by atoms with Gasteiger partial charge in [-0.1, -0.05) is 37.1 Å². The molecule has 1 saturated carbocycles. The molecular formula is C28H36N6O4. The lowest BCUT2D eigenvalue weighted by atomic mass is 9.86. The minimum Gasteiger partial charge on any atom is -0.496 e. The van der Waals surface area contributed by atoms with Gasteiger partial charge < -0.3 is 25.2 Å². The Kier molecular flexibility index (Phi) is 6.44. The van der Waals surface area contributed by atoms with E-state index >= 15 is 0 Å². The molecule has 2 aliphatic rings. The van der Waals surface area contributed by atoms with Crippen LogP contribution in [-0.2, 0) is 16.6 Å². The number of nitrogens with one attached hydrogen (secondary N) is 3. The molecule has 10 nitrogen and oxygen atoms in total. The molecule has 3 heterocycles. The van der Waals surface area contributed by atoms with Crippen molar-refractivity contribution >= 4 is 23.5 Å². The number of hydrogen-bond donors (Lipinski definition) is 3. The fraction of sp³-hybridized carbons (Fsp3) is 0.500. The van der Waals surface area contributed by atoms with E-state index in [9.17, 15) is 9.59 Å². The molecule has 1 aromatic carbocycles. The van der Waals surface area contributed by atoms with Crippen molar-refractivity contribution in [3.05, 3.63) is 41.2 Å². The molecule has 2 aromatic heterocycles. The topological polar surface area (TPSA) is 123 Å². The molecule has 1 aliphatic carbocycles. The SMILES string of the molecule is COc1cc(-c2nn(C(C)C)c3c2C(=O)NC(C)(C)N3)ccc1CC(=O)Nc1cc(C2(C)CCCC2)on1. The first-order chi connectivity index (χ1) is 18.0. The van der Waals surface area contributed by atoms with Gasteiger partial charge in [0, 0.05) is 28.7 Å². The van der Waals surface area contributed by atoms with Crippen molar-refractivity contribution in [2.45, 2.75) is 83.8 Å². The van der Waals surface area contributed by atoms with Crippen molar-refractivity contribution < 1.29 is 18.8 Å². The minimum atomic E-state index is -0.595. The van der Waals surface area contributed by atoms with E-state index in [1.54, 1.807) is 7.11 Å². The van der Waals surface area contributed by atoms with Crippen LogP contribution in [0.4, 0.5) is 11.6 Å². The Hall–Kier alpha value is -3.82. The molecule has 0 spiro atoms. The molecule has 1 aliphatic heterocycles.